The van der Waals surface area contributed by atoms with Crippen LogP contribution in [0.15, 0.2) is 12.2 Å². The van der Waals surface area contributed by atoms with E-state index in [9.17, 15) is 17.8 Å². The minimum Gasteiger partial charge on any atom is -0.726 e. The van der Waals surface area contributed by atoms with E-state index in [0.717, 1.165) is 37.8 Å². The molecule has 0 spiro atoms. The Labute approximate surface area is 122 Å². The van der Waals surface area contributed by atoms with Gasteiger partial charge in [0.1, 0.15) is 0 Å². The fraction of sp³-hybridized carbons (Fsp3) is 0.750. The first-order chi connectivity index (χ1) is 9.01. The first kappa shape index (κ1) is 21.3. The minimum atomic E-state index is -4.41. The summed E-state index contributed by atoms with van der Waals surface area (Å²) in [5, 5.41) is 2.85. The number of hydrogen-bond donors (Lipinski definition) is 1. The van der Waals surface area contributed by atoms with E-state index < -0.39 is 10.4 Å². The Morgan fingerprint density at radius 2 is 1.75 bits per heavy atom. The Hall–Kier alpha value is -0.960. The molecule has 1 amide bonds. The highest BCUT2D eigenvalue weighted by Gasteiger charge is 2.15. The Morgan fingerprint density at radius 3 is 2.00 bits per heavy atom. The van der Waals surface area contributed by atoms with Crippen molar-refractivity contribution in [2.24, 2.45) is 0 Å². The molecule has 0 rings (SSSR count). The van der Waals surface area contributed by atoms with Gasteiger partial charge in [-0.15, -0.1) is 0 Å². The van der Waals surface area contributed by atoms with Crippen LogP contribution in [0.25, 0.3) is 0 Å². The fourth-order valence-electron chi connectivity index (χ4n) is 1.13. The lowest BCUT2D eigenvalue weighted by Crippen LogP contribution is -2.48. The van der Waals surface area contributed by atoms with Crippen LogP contribution >= 0.6 is 0 Å². The summed E-state index contributed by atoms with van der Waals surface area (Å²) >= 11 is 0. The van der Waals surface area contributed by atoms with Gasteiger partial charge in [-0.1, -0.05) is 6.58 Å². The maximum absolute atomic E-state index is 11.2. The van der Waals surface area contributed by atoms with Gasteiger partial charge in [0.25, 0.3) is 0 Å². The summed E-state index contributed by atoms with van der Waals surface area (Å²) in [6.07, 6.45) is 0. The smallest absolute Gasteiger partial charge is 0.246 e. The van der Waals surface area contributed by atoms with Crippen molar-refractivity contribution < 1.29 is 26.4 Å². The summed E-state index contributed by atoms with van der Waals surface area (Å²) < 4.78 is 32.0. The zero-order chi connectivity index (χ0) is 16.4. The summed E-state index contributed by atoms with van der Waals surface area (Å²) in [6.45, 7) is 13.6. The van der Waals surface area contributed by atoms with Gasteiger partial charge in [0.2, 0.25) is 16.3 Å². The van der Waals surface area contributed by atoms with Crippen molar-refractivity contribution in [2.75, 3.05) is 40.3 Å². The summed E-state index contributed by atoms with van der Waals surface area (Å²) in [4.78, 5) is 11.2. The van der Waals surface area contributed by atoms with E-state index in [2.05, 4.69) is 37.0 Å². The highest BCUT2D eigenvalue weighted by Crippen LogP contribution is 1.99. The number of likely N-dealkylation sites (N-methyl/N-ethyl adjacent to an activating group) is 1. The Balaban J connectivity index is 0. The van der Waals surface area contributed by atoms with E-state index in [1.54, 1.807) is 6.92 Å². The molecule has 0 heterocycles. The monoisotopic (exact) mass is 310 g/mol. The molecule has 0 aromatic carbocycles. The van der Waals surface area contributed by atoms with Crippen LogP contribution in [-0.2, 0) is 19.4 Å². The van der Waals surface area contributed by atoms with Gasteiger partial charge in [0.05, 0.1) is 40.3 Å². The van der Waals surface area contributed by atoms with Gasteiger partial charge in [-0.05, 0) is 20.8 Å². The van der Waals surface area contributed by atoms with Crippen molar-refractivity contribution in [3.63, 3.8) is 0 Å². The van der Waals surface area contributed by atoms with Crippen molar-refractivity contribution in [3.05, 3.63) is 12.2 Å². The molecule has 7 nitrogen and oxygen atoms in total. The van der Waals surface area contributed by atoms with Crippen LogP contribution in [0.3, 0.4) is 0 Å². The molecule has 20 heavy (non-hydrogen) atoms. The molecule has 0 aromatic rings. The van der Waals surface area contributed by atoms with Crippen LogP contribution in [0.2, 0.25) is 0 Å². The molecule has 0 atom stereocenters. The Morgan fingerprint density at radius 1 is 1.35 bits per heavy atom. The SMILES string of the molecule is C=C(C)C(=O)NCC[N+](C)(CC)CC.COS(=O)(=O)[O-]. The molecule has 0 aliphatic heterocycles. The summed E-state index contributed by atoms with van der Waals surface area (Å²) in [5.41, 5.74) is 0.576. The third-order valence-electron chi connectivity index (χ3n) is 3.06. The number of rotatable bonds is 7. The van der Waals surface area contributed by atoms with Gasteiger partial charge in [0.15, 0.2) is 0 Å². The maximum Gasteiger partial charge on any atom is 0.246 e. The van der Waals surface area contributed by atoms with Crippen molar-refractivity contribution in [1.82, 2.24) is 5.32 Å². The molecule has 0 aromatic heterocycles. The van der Waals surface area contributed by atoms with Crippen LogP contribution in [-0.4, -0.2) is 63.7 Å². The molecule has 0 saturated carbocycles. The number of carbonyl (C=O) groups excluding carboxylic acids is 1. The molecular weight excluding hydrogens is 284 g/mol. The number of hydrogen-bond acceptors (Lipinski definition) is 5. The molecule has 0 saturated heterocycles. The highest BCUT2D eigenvalue weighted by atomic mass is 32.3. The lowest BCUT2D eigenvalue weighted by molar-refractivity contribution is -0.904. The molecule has 0 aliphatic rings. The van der Waals surface area contributed by atoms with Crippen LogP contribution in [0.1, 0.15) is 20.8 Å². The zero-order valence-electron chi connectivity index (χ0n) is 12.9. The average Bonchev–Trinajstić information content (AvgIpc) is 2.38. The highest BCUT2D eigenvalue weighted by molar-refractivity contribution is 7.80. The van der Waals surface area contributed by atoms with Crippen molar-refractivity contribution in [1.29, 1.82) is 0 Å². The summed E-state index contributed by atoms with van der Waals surface area (Å²) in [6, 6.07) is 0. The largest absolute Gasteiger partial charge is 0.726 e. The van der Waals surface area contributed by atoms with Crippen molar-refractivity contribution in [2.45, 2.75) is 20.8 Å². The van der Waals surface area contributed by atoms with Gasteiger partial charge in [-0.3, -0.25) is 8.98 Å². The maximum atomic E-state index is 11.2. The number of nitrogens with one attached hydrogen (secondary N) is 1. The normalized spacial score (nSPS) is 11.3. The molecular formula is C12H26N2O5S. The second kappa shape index (κ2) is 9.87. The number of quaternary nitrogens is 1. The van der Waals surface area contributed by atoms with E-state index in [0.29, 0.717) is 5.57 Å². The molecule has 0 fully saturated rings. The van der Waals surface area contributed by atoms with E-state index in [1.165, 1.54) is 0 Å². The Bertz CT molecular complexity index is 402. The first-order valence-corrected chi connectivity index (χ1v) is 7.63. The zero-order valence-corrected chi connectivity index (χ0v) is 13.7. The van der Waals surface area contributed by atoms with E-state index in [-0.39, 0.29) is 5.91 Å². The molecule has 0 bridgehead atoms. The predicted molar refractivity (Wildman–Crippen MR) is 76.7 cm³/mol. The van der Waals surface area contributed by atoms with Gasteiger partial charge >= 0.3 is 0 Å². The van der Waals surface area contributed by atoms with Gasteiger partial charge in [0, 0.05) is 5.57 Å². The second-order valence-electron chi connectivity index (χ2n) is 4.59. The number of nitrogens with zero attached hydrogens (tertiary/aromatic N) is 1. The van der Waals surface area contributed by atoms with Crippen LogP contribution in [0, 0.1) is 0 Å². The van der Waals surface area contributed by atoms with Crippen molar-refractivity contribution >= 4 is 16.3 Å². The lowest BCUT2D eigenvalue weighted by Gasteiger charge is -2.32. The lowest BCUT2D eigenvalue weighted by atomic mass is 10.3. The van der Waals surface area contributed by atoms with Gasteiger partial charge < -0.3 is 14.4 Å². The molecule has 0 unspecified atom stereocenters. The van der Waals surface area contributed by atoms with E-state index in [1.807, 2.05) is 0 Å². The second-order valence-corrected chi connectivity index (χ2v) is 5.74. The van der Waals surface area contributed by atoms with E-state index >= 15 is 0 Å². The molecule has 0 aliphatic carbocycles. The number of carbonyl (C=O) groups is 1. The standard InChI is InChI=1S/C11H22N2O.CH4O4S/c1-6-13(5,7-2)9-8-12-11(14)10(3)4;1-5-6(2,3)4/h3,6-9H2,1-2,4-5H3;1H3,(H,2,3,4). The third-order valence-corrected chi connectivity index (χ3v) is 3.46. The number of amides is 1. The fourth-order valence-corrected chi connectivity index (χ4v) is 1.13. The molecule has 1 N–H and O–H groups in total. The van der Waals surface area contributed by atoms with Crippen LogP contribution in [0.4, 0.5) is 0 Å². The third kappa shape index (κ3) is 12.1. The molecule has 120 valence electrons. The van der Waals surface area contributed by atoms with Crippen LogP contribution in [0.5, 0.6) is 0 Å². The van der Waals surface area contributed by atoms with Crippen molar-refractivity contribution in [3.8, 4) is 0 Å². The quantitative estimate of drug-likeness (QED) is 0.315. The topological polar surface area (TPSA) is 95.5 Å². The molecule has 0 radical (unpaired) electrons. The minimum absolute atomic E-state index is 0.0382. The first-order valence-electron chi connectivity index (χ1n) is 6.30. The summed E-state index contributed by atoms with van der Waals surface area (Å²) in [5.74, 6) is -0.0382. The molecule has 8 heteroatoms. The average molecular weight is 310 g/mol. The Kier molecular flexibility index (Phi) is 10.5. The summed E-state index contributed by atoms with van der Waals surface area (Å²) in [7, 11) is -1.40. The van der Waals surface area contributed by atoms with Gasteiger partial charge in [-0.25, -0.2) is 8.42 Å². The van der Waals surface area contributed by atoms with Crippen LogP contribution < -0.4 is 5.32 Å². The van der Waals surface area contributed by atoms with Gasteiger partial charge in [-0.2, -0.15) is 0 Å². The predicted octanol–water partition coefficient (Wildman–Crippen LogP) is 0.258. The van der Waals surface area contributed by atoms with E-state index in [4.69, 9.17) is 0 Å².